The molecule has 2 aliphatic carbocycles. The maximum absolute atomic E-state index is 13.3. The van der Waals surface area contributed by atoms with Gasteiger partial charge in [-0.05, 0) is 63.2 Å². The van der Waals surface area contributed by atoms with Crippen LogP contribution in [0.15, 0.2) is 29.4 Å². The molecular formula is C20H24F3N3. The van der Waals surface area contributed by atoms with Gasteiger partial charge in [0.25, 0.3) is 0 Å². The van der Waals surface area contributed by atoms with Gasteiger partial charge in [-0.15, -0.1) is 0 Å². The molecular weight excluding hydrogens is 339 g/mol. The van der Waals surface area contributed by atoms with Crippen molar-refractivity contribution in [2.45, 2.75) is 58.7 Å². The van der Waals surface area contributed by atoms with Gasteiger partial charge in [-0.25, -0.2) is 9.97 Å². The lowest BCUT2D eigenvalue weighted by Crippen LogP contribution is -2.29. The second-order valence-electron chi connectivity index (χ2n) is 7.99. The summed E-state index contributed by atoms with van der Waals surface area (Å²) < 4.78 is 39.8. The van der Waals surface area contributed by atoms with E-state index in [0.29, 0.717) is 17.7 Å². The van der Waals surface area contributed by atoms with Crippen molar-refractivity contribution in [2.24, 2.45) is 5.92 Å². The van der Waals surface area contributed by atoms with Crippen LogP contribution in [0, 0.1) is 5.92 Å². The van der Waals surface area contributed by atoms with Crippen molar-refractivity contribution >= 4 is 11.9 Å². The highest BCUT2D eigenvalue weighted by molar-refractivity contribution is 5.72. The van der Waals surface area contributed by atoms with Crippen LogP contribution in [0.25, 0.3) is 6.08 Å². The minimum atomic E-state index is -4.56. The van der Waals surface area contributed by atoms with Crippen molar-refractivity contribution < 1.29 is 13.2 Å². The van der Waals surface area contributed by atoms with Crippen LogP contribution in [0.4, 0.5) is 19.0 Å². The molecule has 3 rings (SSSR count). The summed E-state index contributed by atoms with van der Waals surface area (Å²) in [4.78, 5) is 7.67. The van der Waals surface area contributed by atoms with E-state index >= 15 is 0 Å². The highest BCUT2D eigenvalue weighted by Gasteiger charge is 2.37. The molecule has 0 bridgehead atoms. The molecule has 140 valence electrons. The predicted octanol–water partition coefficient (Wildman–Crippen LogP) is 5.56. The molecule has 0 aliphatic heterocycles. The molecule has 2 aliphatic rings. The molecule has 1 heterocycles. The quantitative estimate of drug-likeness (QED) is 0.748. The first-order valence-corrected chi connectivity index (χ1v) is 8.88. The number of allylic oxidation sites excluding steroid dienone is 5. The molecule has 26 heavy (non-hydrogen) atoms. The highest BCUT2D eigenvalue weighted by atomic mass is 19.4. The Morgan fingerprint density at radius 1 is 1.15 bits per heavy atom. The predicted molar refractivity (Wildman–Crippen MR) is 97.7 cm³/mol. The number of alkyl halides is 3. The Bertz CT molecular complexity index is 796. The fourth-order valence-electron chi connectivity index (χ4n) is 3.35. The second-order valence-corrected chi connectivity index (χ2v) is 7.99. The SMILES string of the molecule is CC1Cc2nc(C(F)(F)F)nc(NC(C)(C)C)c2C=C1C1=CC=CCC1. The van der Waals surface area contributed by atoms with E-state index in [1.807, 2.05) is 39.8 Å². The van der Waals surface area contributed by atoms with Gasteiger partial charge in [-0.3, -0.25) is 0 Å². The summed E-state index contributed by atoms with van der Waals surface area (Å²) in [5, 5.41) is 3.13. The lowest BCUT2D eigenvalue weighted by atomic mass is 9.81. The standard InChI is InChI=1S/C20H24F3N3/c1-12-10-16-15(11-14(12)13-8-6-5-7-9-13)17(26-19(2,3)4)25-18(24-16)20(21,22)23/h5-6,8,11-12H,7,9-10H2,1-4H3,(H,24,25,26). The number of nitrogens with one attached hydrogen (secondary N) is 1. The molecule has 0 spiro atoms. The molecule has 3 nitrogen and oxygen atoms in total. The van der Waals surface area contributed by atoms with Gasteiger partial charge in [0.05, 0.1) is 5.69 Å². The fourth-order valence-corrected chi connectivity index (χ4v) is 3.35. The molecule has 0 fully saturated rings. The summed E-state index contributed by atoms with van der Waals surface area (Å²) >= 11 is 0. The molecule has 1 N–H and O–H groups in total. The van der Waals surface area contributed by atoms with Crippen molar-refractivity contribution in [2.75, 3.05) is 5.32 Å². The molecule has 1 atom stereocenters. The molecule has 0 saturated carbocycles. The lowest BCUT2D eigenvalue weighted by molar-refractivity contribution is -0.145. The number of fused-ring (bicyclic) bond motifs is 1. The minimum absolute atomic E-state index is 0.124. The number of nitrogens with zero attached hydrogens (tertiary/aromatic N) is 2. The lowest BCUT2D eigenvalue weighted by Gasteiger charge is -2.29. The first kappa shape index (κ1) is 18.7. The van der Waals surface area contributed by atoms with Crippen molar-refractivity contribution in [3.05, 3.63) is 46.5 Å². The van der Waals surface area contributed by atoms with Crippen LogP contribution in [0.2, 0.25) is 0 Å². The van der Waals surface area contributed by atoms with Crippen molar-refractivity contribution in [1.29, 1.82) is 0 Å². The van der Waals surface area contributed by atoms with Crippen LogP contribution < -0.4 is 5.32 Å². The highest BCUT2D eigenvalue weighted by Crippen LogP contribution is 2.39. The maximum Gasteiger partial charge on any atom is 0.451 e. The van der Waals surface area contributed by atoms with E-state index in [1.54, 1.807) is 0 Å². The molecule has 0 saturated heterocycles. The van der Waals surface area contributed by atoms with E-state index < -0.39 is 17.5 Å². The summed E-state index contributed by atoms with van der Waals surface area (Å²) in [7, 11) is 0. The number of aromatic nitrogens is 2. The van der Waals surface area contributed by atoms with Gasteiger partial charge in [0, 0.05) is 11.1 Å². The summed E-state index contributed by atoms with van der Waals surface area (Å²) in [5.74, 6) is -0.697. The Labute approximate surface area is 152 Å². The van der Waals surface area contributed by atoms with Crippen molar-refractivity contribution in [1.82, 2.24) is 9.97 Å². The number of rotatable bonds is 2. The Morgan fingerprint density at radius 3 is 2.46 bits per heavy atom. The van der Waals surface area contributed by atoms with Crippen LogP contribution in [-0.4, -0.2) is 15.5 Å². The van der Waals surface area contributed by atoms with Crippen molar-refractivity contribution in [3.8, 4) is 0 Å². The number of hydrogen-bond donors (Lipinski definition) is 1. The topological polar surface area (TPSA) is 37.8 Å². The zero-order valence-corrected chi connectivity index (χ0v) is 15.5. The number of hydrogen-bond acceptors (Lipinski definition) is 3. The van der Waals surface area contributed by atoms with E-state index in [0.717, 1.165) is 12.8 Å². The zero-order chi connectivity index (χ0) is 19.1. The number of anilines is 1. The molecule has 1 aromatic rings. The van der Waals surface area contributed by atoms with E-state index in [2.05, 4.69) is 27.4 Å². The Hall–Kier alpha value is -2.11. The van der Waals surface area contributed by atoms with Crippen LogP contribution in [0.1, 0.15) is 57.6 Å². The van der Waals surface area contributed by atoms with Gasteiger partial charge in [0.2, 0.25) is 5.82 Å². The third-order valence-corrected chi connectivity index (χ3v) is 4.49. The normalized spacial score (nSPS) is 20.3. The average Bonchev–Trinajstić information content (AvgIpc) is 2.52. The van der Waals surface area contributed by atoms with Gasteiger partial charge in [-0.2, -0.15) is 13.2 Å². The first-order valence-electron chi connectivity index (χ1n) is 8.88. The zero-order valence-electron chi connectivity index (χ0n) is 15.5. The van der Waals surface area contributed by atoms with E-state index in [-0.39, 0.29) is 11.7 Å². The maximum atomic E-state index is 13.3. The van der Waals surface area contributed by atoms with Crippen LogP contribution in [0.5, 0.6) is 0 Å². The minimum Gasteiger partial charge on any atom is -0.365 e. The van der Waals surface area contributed by atoms with Crippen LogP contribution in [-0.2, 0) is 12.6 Å². The summed E-state index contributed by atoms with van der Waals surface area (Å²) in [6, 6.07) is 0. The second kappa shape index (κ2) is 6.56. The summed E-state index contributed by atoms with van der Waals surface area (Å²) in [6.45, 7) is 7.75. The Kier molecular flexibility index (Phi) is 4.71. The van der Waals surface area contributed by atoms with Crippen molar-refractivity contribution in [3.63, 3.8) is 0 Å². The largest absolute Gasteiger partial charge is 0.451 e. The van der Waals surface area contributed by atoms with Gasteiger partial charge < -0.3 is 5.32 Å². The molecule has 6 heteroatoms. The summed E-state index contributed by atoms with van der Waals surface area (Å²) in [6.07, 6.45) is 6.09. The van der Waals surface area contributed by atoms with Gasteiger partial charge in [-0.1, -0.05) is 25.2 Å². The average molecular weight is 363 g/mol. The number of halogens is 3. The van der Waals surface area contributed by atoms with Crippen LogP contribution in [0.3, 0.4) is 0 Å². The van der Waals surface area contributed by atoms with E-state index in [1.165, 1.54) is 11.1 Å². The van der Waals surface area contributed by atoms with Crippen LogP contribution >= 0.6 is 0 Å². The first-order chi connectivity index (χ1) is 12.0. The molecule has 0 amide bonds. The monoisotopic (exact) mass is 363 g/mol. The van der Waals surface area contributed by atoms with Gasteiger partial charge in [0.15, 0.2) is 0 Å². The fraction of sp³-hybridized carbons (Fsp3) is 0.500. The van der Waals surface area contributed by atoms with Gasteiger partial charge in [0.1, 0.15) is 5.82 Å². The Balaban J connectivity index is 2.14. The third kappa shape index (κ3) is 4.00. The Morgan fingerprint density at radius 2 is 1.88 bits per heavy atom. The van der Waals surface area contributed by atoms with E-state index in [4.69, 9.17) is 0 Å². The van der Waals surface area contributed by atoms with E-state index in [9.17, 15) is 13.2 Å². The molecule has 1 unspecified atom stereocenters. The van der Waals surface area contributed by atoms with Gasteiger partial charge >= 0.3 is 6.18 Å². The molecule has 0 radical (unpaired) electrons. The summed E-state index contributed by atoms with van der Waals surface area (Å²) in [5.41, 5.74) is 3.14. The molecule has 0 aromatic carbocycles. The smallest absolute Gasteiger partial charge is 0.365 e. The third-order valence-electron chi connectivity index (χ3n) is 4.49. The molecule has 1 aromatic heterocycles.